The van der Waals surface area contributed by atoms with E-state index in [-0.39, 0.29) is 0 Å². The molecule has 1 aliphatic heterocycles. The van der Waals surface area contributed by atoms with Gasteiger partial charge in [-0.2, -0.15) is 0 Å². The number of nitrogens with one attached hydrogen (secondary N) is 2. The summed E-state index contributed by atoms with van der Waals surface area (Å²) in [4.78, 5) is 4.83. The fourth-order valence-corrected chi connectivity index (χ4v) is 3.10. The minimum atomic E-state index is -0.934. The number of rotatable bonds is 5. The van der Waals surface area contributed by atoms with Crippen LogP contribution in [0.1, 0.15) is 16.7 Å². The monoisotopic (exact) mass is 354 g/mol. The Morgan fingerprint density at radius 1 is 0.815 bits per heavy atom. The SMILES string of the molecule is NC1(c2ccccc2)C=C(NCc2ccccc2)NC(c2ccccc2)=N1. The van der Waals surface area contributed by atoms with Crippen LogP contribution in [0, 0.1) is 0 Å². The summed E-state index contributed by atoms with van der Waals surface area (Å²) in [5, 5.41) is 6.84. The van der Waals surface area contributed by atoms with Gasteiger partial charge in [0.15, 0.2) is 5.66 Å². The van der Waals surface area contributed by atoms with Crippen LogP contribution in [0.3, 0.4) is 0 Å². The zero-order chi connectivity index (χ0) is 18.5. The number of nitrogens with two attached hydrogens (primary N) is 1. The predicted octanol–water partition coefficient (Wildman–Crippen LogP) is 3.48. The molecule has 0 spiro atoms. The van der Waals surface area contributed by atoms with E-state index in [1.807, 2.05) is 84.9 Å². The molecule has 3 aromatic rings. The molecule has 1 atom stereocenters. The Morgan fingerprint density at radius 2 is 1.41 bits per heavy atom. The van der Waals surface area contributed by atoms with Gasteiger partial charge < -0.3 is 10.6 Å². The summed E-state index contributed by atoms with van der Waals surface area (Å²) in [6, 6.07) is 30.3. The highest BCUT2D eigenvalue weighted by Gasteiger charge is 2.29. The molecule has 1 heterocycles. The number of hydrogen-bond donors (Lipinski definition) is 3. The summed E-state index contributed by atoms with van der Waals surface area (Å²) in [5.74, 6) is 1.60. The lowest BCUT2D eigenvalue weighted by molar-refractivity contribution is 0.560. The van der Waals surface area contributed by atoms with Gasteiger partial charge >= 0.3 is 0 Å². The van der Waals surface area contributed by atoms with Gasteiger partial charge in [0.1, 0.15) is 11.7 Å². The summed E-state index contributed by atoms with van der Waals surface area (Å²) < 4.78 is 0. The minimum absolute atomic E-state index is 0.701. The van der Waals surface area contributed by atoms with Crippen LogP contribution in [-0.2, 0) is 12.2 Å². The van der Waals surface area contributed by atoms with Crippen molar-refractivity contribution < 1.29 is 0 Å². The maximum Gasteiger partial charge on any atom is 0.158 e. The van der Waals surface area contributed by atoms with Crippen LogP contribution in [0.25, 0.3) is 0 Å². The van der Waals surface area contributed by atoms with Crippen molar-refractivity contribution in [2.45, 2.75) is 12.2 Å². The van der Waals surface area contributed by atoms with E-state index in [4.69, 9.17) is 10.7 Å². The molecule has 0 amide bonds. The quantitative estimate of drug-likeness (QED) is 0.657. The first-order chi connectivity index (χ1) is 13.2. The van der Waals surface area contributed by atoms with Crippen LogP contribution < -0.4 is 16.4 Å². The Labute approximate surface area is 159 Å². The van der Waals surface area contributed by atoms with Crippen molar-refractivity contribution in [1.29, 1.82) is 0 Å². The number of hydrogen-bond acceptors (Lipinski definition) is 4. The van der Waals surface area contributed by atoms with Gasteiger partial charge in [-0.05, 0) is 11.1 Å². The molecule has 0 saturated carbocycles. The van der Waals surface area contributed by atoms with E-state index in [2.05, 4.69) is 22.8 Å². The van der Waals surface area contributed by atoms with Crippen LogP contribution in [-0.4, -0.2) is 5.84 Å². The molecule has 0 saturated heterocycles. The van der Waals surface area contributed by atoms with E-state index in [1.54, 1.807) is 0 Å². The van der Waals surface area contributed by atoms with Crippen molar-refractivity contribution in [3.63, 3.8) is 0 Å². The Kier molecular flexibility index (Phi) is 4.73. The Hall–Kier alpha value is -3.37. The van der Waals surface area contributed by atoms with E-state index < -0.39 is 5.66 Å². The van der Waals surface area contributed by atoms with E-state index >= 15 is 0 Å². The van der Waals surface area contributed by atoms with Gasteiger partial charge in [0.05, 0.1) is 0 Å². The van der Waals surface area contributed by atoms with Gasteiger partial charge in [0.25, 0.3) is 0 Å². The Balaban J connectivity index is 1.67. The summed E-state index contributed by atoms with van der Waals surface area (Å²) in [5.41, 5.74) is 8.93. The Bertz CT molecular complexity index is 949. The van der Waals surface area contributed by atoms with Gasteiger partial charge in [-0.15, -0.1) is 0 Å². The first-order valence-corrected chi connectivity index (χ1v) is 9.00. The number of nitrogens with zero attached hydrogens (tertiary/aromatic N) is 1. The lowest BCUT2D eigenvalue weighted by Crippen LogP contribution is -2.45. The highest BCUT2D eigenvalue weighted by atomic mass is 15.2. The van der Waals surface area contributed by atoms with Gasteiger partial charge in [-0.1, -0.05) is 91.0 Å². The molecule has 0 aromatic heterocycles. The molecule has 0 aliphatic carbocycles. The van der Waals surface area contributed by atoms with Gasteiger partial charge in [-0.25, -0.2) is 4.99 Å². The topological polar surface area (TPSA) is 62.4 Å². The second kappa shape index (κ2) is 7.48. The fourth-order valence-electron chi connectivity index (χ4n) is 3.10. The van der Waals surface area contributed by atoms with Crippen molar-refractivity contribution in [3.05, 3.63) is 120 Å². The lowest BCUT2D eigenvalue weighted by atomic mass is 9.98. The maximum absolute atomic E-state index is 6.72. The van der Waals surface area contributed by atoms with Crippen LogP contribution in [0.15, 0.2) is 108 Å². The standard InChI is InChI=1S/C23H22N4/c24-23(20-14-8-3-9-15-20)16-21(25-17-18-10-4-1-5-11-18)26-22(27-23)19-12-6-2-7-13-19/h1-16,25H,17,24H2,(H,26,27). The molecule has 4 N–H and O–H groups in total. The Morgan fingerprint density at radius 3 is 2.07 bits per heavy atom. The third kappa shape index (κ3) is 3.91. The predicted molar refractivity (Wildman–Crippen MR) is 110 cm³/mol. The van der Waals surface area contributed by atoms with Crippen LogP contribution in [0.2, 0.25) is 0 Å². The molecular formula is C23H22N4. The molecule has 0 bridgehead atoms. The molecule has 3 aromatic carbocycles. The lowest BCUT2D eigenvalue weighted by Gasteiger charge is -2.30. The van der Waals surface area contributed by atoms with Crippen molar-refractivity contribution in [3.8, 4) is 0 Å². The average molecular weight is 354 g/mol. The fraction of sp³-hybridized carbons (Fsp3) is 0.0870. The van der Waals surface area contributed by atoms with Crippen LogP contribution >= 0.6 is 0 Å². The maximum atomic E-state index is 6.72. The second-order valence-corrected chi connectivity index (χ2v) is 6.54. The van der Waals surface area contributed by atoms with E-state index in [0.717, 1.165) is 22.8 Å². The smallest absolute Gasteiger partial charge is 0.158 e. The highest BCUT2D eigenvalue weighted by molar-refractivity contribution is 6.00. The molecule has 4 heteroatoms. The second-order valence-electron chi connectivity index (χ2n) is 6.54. The summed E-state index contributed by atoms with van der Waals surface area (Å²) in [7, 11) is 0. The van der Waals surface area contributed by atoms with Gasteiger partial charge in [0.2, 0.25) is 0 Å². The van der Waals surface area contributed by atoms with Gasteiger partial charge in [-0.3, -0.25) is 5.73 Å². The molecule has 1 unspecified atom stereocenters. The zero-order valence-electron chi connectivity index (χ0n) is 15.0. The first-order valence-electron chi connectivity index (χ1n) is 9.00. The molecule has 4 nitrogen and oxygen atoms in total. The third-order valence-electron chi connectivity index (χ3n) is 4.52. The van der Waals surface area contributed by atoms with Crippen LogP contribution in [0.4, 0.5) is 0 Å². The summed E-state index contributed by atoms with van der Waals surface area (Å²) in [6.45, 7) is 0.701. The number of amidine groups is 1. The van der Waals surface area contributed by atoms with Crippen LogP contribution in [0.5, 0.6) is 0 Å². The minimum Gasteiger partial charge on any atom is -0.368 e. The summed E-state index contributed by atoms with van der Waals surface area (Å²) >= 11 is 0. The van der Waals surface area contributed by atoms with E-state index in [9.17, 15) is 0 Å². The molecule has 1 aliphatic rings. The average Bonchev–Trinajstić information content (AvgIpc) is 2.74. The number of benzene rings is 3. The van der Waals surface area contributed by atoms with E-state index in [1.165, 1.54) is 5.56 Å². The molecule has 0 radical (unpaired) electrons. The van der Waals surface area contributed by atoms with Gasteiger partial charge in [0, 0.05) is 18.2 Å². The summed E-state index contributed by atoms with van der Waals surface area (Å²) in [6.07, 6.45) is 1.94. The van der Waals surface area contributed by atoms with Crippen molar-refractivity contribution in [2.24, 2.45) is 10.7 Å². The largest absolute Gasteiger partial charge is 0.368 e. The molecule has 134 valence electrons. The normalized spacial score (nSPS) is 18.9. The molecule has 4 rings (SSSR count). The zero-order valence-corrected chi connectivity index (χ0v) is 15.0. The van der Waals surface area contributed by atoms with Crippen molar-refractivity contribution >= 4 is 5.84 Å². The van der Waals surface area contributed by atoms with Crippen molar-refractivity contribution in [1.82, 2.24) is 10.6 Å². The first kappa shape index (κ1) is 17.1. The number of aliphatic imine (C=N–C) groups is 1. The molecule has 0 fully saturated rings. The third-order valence-corrected chi connectivity index (χ3v) is 4.52. The molecular weight excluding hydrogens is 332 g/mol. The molecule has 27 heavy (non-hydrogen) atoms. The van der Waals surface area contributed by atoms with E-state index in [0.29, 0.717) is 6.54 Å². The van der Waals surface area contributed by atoms with Crippen molar-refractivity contribution in [2.75, 3.05) is 0 Å². The highest BCUT2D eigenvalue weighted by Crippen LogP contribution is 2.26.